The van der Waals surface area contributed by atoms with Crippen molar-refractivity contribution in [1.82, 2.24) is 4.98 Å². The summed E-state index contributed by atoms with van der Waals surface area (Å²) >= 11 is 0. The zero-order chi connectivity index (χ0) is 11.7. The monoisotopic (exact) mass is 221 g/mol. The molecule has 2 heteroatoms. The Balaban J connectivity index is 2.22. The van der Waals surface area contributed by atoms with E-state index in [0.29, 0.717) is 5.56 Å². The van der Waals surface area contributed by atoms with E-state index < -0.39 is 0 Å². The van der Waals surface area contributed by atoms with Crippen LogP contribution in [0.1, 0.15) is 10.4 Å². The highest BCUT2D eigenvalue weighted by Gasteiger charge is 2.05. The molecule has 1 heterocycles. The van der Waals surface area contributed by atoms with Gasteiger partial charge in [-0.15, -0.1) is 0 Å². The number of hydrogen-bond acceptors (Lipinski definition) is 1. The molecule has 3 rings (SSSR count). The zero-order valence-electron chi connectivity index (χ0n) is 9.18. The van der Waals surface area contributed by atoms with E-state index in [0.717, 1.165) is 22.8 Å². The Bertz CT molecular complexity index is 668. The van der Waals surface area contributed by atoms with Gasteiger partial charge in [0.05, 0.1) is 0 Å². The molecule has 3 aromatic rings. The van der Waals surface area contributed by atoms with Crippen LogP contribution in [0.3, 0.4) is 0 Å². The van der Waals surface area contributed by atoms with Crippen LogP contribution >= 0.6 is 0 Å². The van der Waals surface area contributed by atoms with Gasteiger partial charge in [0, 0.05) is 28.2 Å². The molecule has 0 bridgehead atoms. The van der Waals surface area contributed by atoms with Crippen molar-refractivity contribution in [2.75, 3.05) is 0 Å². The predicted molar refractivity (Wildman–Crippen MR) is 69.1 cm³/mol. The second-order valence-electron chi connectivity index (χ2n) is 3.99. The minimum atomic E-state index is 0.693. The molecule has 82 valence electrons. The molecule has 1 N–H and O–H groups in total. The first-order valence-corrected chi connectivity index (χ1v) is 5.50. The number of benzene rings is 2. The Labute approximate surface area is 98.9 Å². The normalized spacial score (nSPS) is 10.6. The van der Waals surface area contributed by atoms with Gasteiger partial charge in [-0.2, -0.15) is 0 Å². The van der Waals surface area contributed by atoms with E-state index in [1.807, 2.05) is 42.6 Å². The number of fused-ring (bicyclic) bond motifs is 1. The summed E-state index contributed by atoms with van der Waals surface area (Å²) in [5.74, 6) is 0. The Kier molecular flexibility index (Phi) is 2.26. The number of carbonyl (C=O) groups is 1. The quantitative estimate of drug-likeness (QED) is 0.658. The van der Waals surface area contributed by atoms with Crippen LogP contribution in [0.5, 0.6) is 0 Å². The van der Waals surface area contributed by atoms with Crippen LogP contribution in [0.25, 0.3) is 22.0 Å². The van der Waals surface area contributed by atoms with Crippen LogP contribution in [0, 0.1) is 0 Å². The van der Waals surface area contributed by atoms with Gasteiger partial charge in [0.1, 0.15) is 6.29 Å². The first-order chi connectivity index (χ1) is 8.38. The second-order valence-corrected chi connectivity index (χ2v) is 3.99. The fourth-order valence-corrected chi connectivity index (χ4v) is 2.07. The van der Waals surface area contributed by atoms with E-state index >= 15 is 0 Å². The van der Waals surface area contributed by atoms with Crippen LogP contribution in [-0.2, 0) is 0 Å². The van der Waals surface area contributed by atoms with Gasteiger partial charge in [-0.25, -0.2) is 0 Å². The van der Waals surface area contributed by atoms with Crippen LogP contribution in [0.4, 0.5) is 0 Å². The topological polar surface area (TPSA) is 32.9 Å². The molecule has 0 amide bonds. The number of nitrogens with one attached hydrogen (secondary N) is 1. The van der Waals surface area contributed by atoms with Crippen molar-refractivity contribution >= 4 is 17.2 Å². The average molecular weight is 221 g/mol. The Morgan fingerprint density at radius 3 is 2.59 bits per heavy atom. The third-order valence-electron chi connectivity index (χ3n) is 2.93. The fourth-order valence-electron chi connectivity index (χ4n) is 2.07. The van der Waals surface area contributed by atoms with E-state index in [1.54, 1.807) is 0 Å². The highest BCUT2D eigenvalue weighted by atomic mass is 16.1. The lowest BCUT2D eigenvalue weighted by atomic mass is 10.0. The van der Waals surface area contributed by atoms with Gasteiger partial charge in [-0.1, -0.05) is 42.5 Å². The minimum absolute atomic E-state index is 0.693. The van der Waals surface area contributed by atoms with Crippen LogP contribution in [0.15, 0.2) is 54.7 Å². The van der Waals surface area contributed by atoms with Crippen molar-refractivity contribution < 1.29 is 4.79 Å². The Hall–Kier alpha value is -2.35. The Morgan fingerprint density at radius 2 is 1.82 bits per heavy atom. The number of carbonyl (C=O) groups excluding carboxylic acids is 1. The molecule has 1 aromatic heterocycles. The SMILES string of the molecule is O=Cc1ccc2c(-c3ccccc3)c[nH]c2c1. The van der Waals surface area contributed by atoms with Crippen molar-refractivity contribution in [3.8, 4) is 11.1 Å². The molecule has 0 fully saturated rings. The van der Waals surface area contributed by atoms with Crippen molar-refractivity contribution in [2.45, 2.75) is 0 Å². The summed E-state index contributed by atoms with van der Waals surface area (Å²) in [4.78, 5) is 13.9. The number of aromatic nitrogens is 1. The zero-order valence-corrected chi connectivity index (χ0v) is 9.18. The van der Waals surface area contributed by atoms with Gasteiger partial charge in [-0.3, -0.25) is 4.79 Å². The maximum Gasteiger partial charge on any atom is 0.150 e. The molecular formula is C15H11NO. The first-order valence-electron chi connectivity index (χ1n) is 5.50. The van der Waals surface area contributed by atoms with E-state index in [2.05, 4.69) is 17.1 Å². The summed E-state index contributed by atoms with van der Waals surface area (Å²) in [5, 5.41) is 1.14. The molecule has 0 saturated heterocycles. The van der Waals surface area contributed by atoms with Gasteiger partial charge < -0.3 is 4.98 Å². The van der Waals surface area contributed by atoms with Gasteiger partial charge in [-0.05, 0) is 11.6 Å². The van der Waals surface area contributed by atoms with Gasteiger partial charge in [0.25, 0.3) is 0 Å². The summed E-state index contributed by atoms with van der Waals surface area (Å²) in [6.45, 7) is 0. The van der Waals surface area contributed by atoms with Crippen molar-refractivity contribution in [1.29, 1.82) is 0 Å². The van der Waals surface area contributed by atoms with E-state index in [-0.39, 0.29) is 0 Å². The summed E-state index contributed by atoms with van der Waals surface area (Å²) in [6.07, 6.45) is 2.84. The van der Waals surface area contributed by atoms with Crippen LogP contribution < -0.4 is 0 Å². The lowest BCUT2D eigenvalue weighted by Crippen LogP contribution is -1.79. The number of hydrogen-bond donors (Lipinski definition) is 1. The van der Waals surface area contributed by atoms with E-state index in [4.69, 9.17) is 0 Å². The molecule has 0 atom stereocenters. The minimum Gasteiger partial charge on any atom is -0.361 e. The fraction of sp³-hybridized carbons (Fsp3) is 0. The summed E-state index contributed by atoms with van der Waals surface area (Å²) < 4.78 is 0. The summed E-state index contributed by atoms with van der Waals surface area (Å²) in [5.41, 5.74) is 4.03. The highest BCUT2D eigenvalue weighted by Crippen LogP contribution is 2.28. The predicted octanol–water partition coefficient (Wildman–Crippen LogP) is 3.65. The molecule has 0 aliphatic rings. The number of aromatic amines is 1. The summed E-state index contributed by atoms with van der Waals surface area (Å²) in [7, 11) is 0. The molecule has 2 aromatic carbocycles. The maximum absolute atomic E-state index is 10.7. The molecule has 0 aliphatic carbocycles. The molecule has 0 saturated carbocycles. The smallest absolute Gasteiger partial charge is 0.150 e. The van der Waals surface area contributed by atoms with Crippen LogP contribution in [-0.4, -0.2) is 11.3 Å². The Morgan fingerprint density at radius 1 is 1.00 bits per heavy atom. The van der Waals surface area contributed by atoms with Crippen molar-refractivity contribution in [2.24, 2.45) is 0 Å². The van der Waals surface area contributed by atoms with Gasteiger partial charge in [0.2, 0.25) is 0 Å². The standard InChI is InChI=1S/C15H11NO/c17-10-11-6-7-13-14(9-16-15(13)8-11)12-4-2-1-3-5-12/h1-10,16H. The highest BCUT2D eigenvalue weighted by molar-refractivity contribution is 5.97. The molecule has 0 radical (unpaired) electrons. The lowest BCUT2D eigenvalue weighted by Gasteiger charge is -1.99. The van der Waals surface area contributed by atoms with E-state index in [1.165, 1.54) is 5.56 Å². The third kappa shape index (κ3) is 1.64. The molecule has 2 nitrogen and oxygen atoms in total. The second kappa shape index (κ2) is 3.91. The molecular weight excluding hydrogens is 210 g/mol. The number of H-pyrrole nitrogens is 1. The molecule has 0 unspecified atom stereocenters. The van der Waals surface area contributed by atoms with Crippen molar-refractivity contribution in [3.63, 3.8) is 0 Å². The number of aldehydes is 1. The number of rotatable bonds is 2. The van der Waals surface area contributed by atoms with E-state index in [9.17, 15) is 4.79 Å². The average Bonchev–Trinajstić information content (AvgIpc) is 2.82. The first kappa shape index (κ1) is 9.85. The van der Waals surface area contributed by atoms with Gasteiger partial charge in [0.15, 0.2) is 0 Å². The van der Waals surface area contributed by atoms with Crippen LogP contribution in [0.2, 0.25) is 0 Å². The summed E-state index contributed by atoms with van der Waals surface area (Å²) in [6, 6.07) is 15.9. The lowest BCUT2D eigenvalue weighted by molar-refractivity contribution is 0.112. The van der Waals surface area contributed by atoms with Gasteiger partial charge >= 0.3 is 0 Å². The molecule has 0 spiro atoms. The maximum atomic E-state index is 10.7. The largest absolute Gasteiger partial charge is 0.361 e. The van der Waals surface area contributed by atoms with Crippen molar-refractivity contribution in [3.05, 3.63) is 60.3 Å². The molecule has 0 aliphatic heterocycles. The molecule has 17 heavy (non-hydrogen) atoms. The third-order valence-corrected chi connectivity index (χ3v) is 2.93.